The van der Waals surface area contributed by atoms with Crippen LogP contribution in [0, 0.1) is 5.92 Å². The van der Waals surface area contributed by atoms with Gasteiger partial charge in [-0.25, -0.2) is 13.1 Å². The van der Waals surface area contributed by atoms with Crippen molar-refractivity contribution in [2.75, 3.05) is 5.32 Å². The van der Waals surface area contributed by atoms with E-state index in [1.54, 1.807) is 13.8 Å². The average molecular weight is 327 g/mol. The monoisotopic (exact) mass is 327 g/mol. The zero-order valence-corrected chi connectivity index (χ0v) is 13.4. The summed E-state index contributed by atoms with van der Waals surface area (Å²) < 4.78 is 26.9. The molecular weight excluding hydrogens is 308 g/mol. The summed E-state index contributed by atoms with van der Waals surface area (Å²) >= 11 is 0. The van der Waals surface area contributed by atoms with Crippen LogP contribution in [0.4, 0.5) is 5.69 Å². The van der Waals surface area contributed by atoms with Gasteiger partial charge in [-0.05, 0) is 30.2 Å². The van der Waals surface area contributed by atoms with Crippen molar-refractivity contribution in [3.8, 4) is 0 Å². The second-order valence-corrected chi connectivity index (χ2v) is 6.97. The maximum atomic E-state index is 12.3. The number of nitrogens with one attached hydrogen (secondary N) is 2. The molecule has 122 valence electrons. The first-order valence-electron chi connectivity index (χ1n) is 6.71. The van der Waals surface area contributed by atoms with Crippen molar-refractivity contribution >= 4 is 27.6 Å². The lowest BCUT2D eigenvalue weighted by Gasteiger charge is -2.22. The van der Waals surface area contributed by atoms with E-state index in [0.717, 1.165) is 0 Å². The van der Waals surface area contributed by atoms with Crippen LogP contribution in [0.15, 0.2) is 29.2 Å². The van der Waals surface area contributed by atoms with Gasteiger partial charge in [-0.2, -0.15) is 0 Å². The van der Waals surface area contributed by atoms with Crippen LogP contribution < -0.4 is 15.1 Å². The zero-order valence-electron chi connectivity index (χ0n) is 12.6. The number of rotatable bonds is 7. The van der Waals surface area contributed by atoms with Gasteiger partial charge < -0.3 is 15.2 Å². The first-order chi connectivity index (χ1) is 10.1. The molecule has 8 heteroatoms. The van der Waals surface area contributed by atoms with Crippen LogP contribution in [-0.4, -0.2) is 26.3 Å². The Hall–Kier alpha value is -1.93. The Morgan fingerprint density at radius 1 is 1.18 bits per heavy atom. The Bertz CT molecular complexity index is 638. The molecule has 0 bridgehead atoms. The zero-order chi connectivity index (χ0) is 16.9. The lowest BCUT2D eigenvalue weighted by Crippen LogP contribution is -2.42. The van der Waals surface area contributed by atoms with Crippen molar-refractivity contribution in [2.45, 2.75) is 38.1 Å². The van der Waals surface area contributed by atoms with Crippen LogP contribution in [0.2, 0.25) is 0 Å². The van der Waals surface area contributed by atoms with Crippen molar-refractivity contribution in [3.05, 3.63) is 24.3 Å². The van der Waals surface area contributed by atoms with Crippen LogP contribution in [0.3, 0.4) is 0 Å². The van der Waals surface area contributed by atoms with Crippen molar-refractivity contribution in [1.82, 2.24) is 4.72 Å². The van der Waals surface area contributed by atoms with E-state index in [0.29, 0.717) is 5.69 Å². The van der Waals surface area contributed by atoms with E-state index in [2.05, 4.69) is 10.0 Å². The van der Waals surface area contributed by atoms with Gasteiger partial charge in [0, 0.05) is 31.0 Å². The average Bonchev–Trinajstić information content (AvgIpc) is 2.36. The first kappa shape index (κ1) is 18.1. The van der Waals surface area contributed by atoms with Gasteiger partial charge in [0.25, 0.3) is 0 Å². The number of carbonyl (C=O) groups excluding carboxylic acids is 2. The largest absolute Gasteiger partial charge is 0.550 e. The van der Waals surface area contributed by atoms with Crippen molar-refractivity contribution in [3.63, 3.8) is 0 Å². The minimum atomic E-state index is -3.85. The highest BCUT2D eigenvalue weighted by Gasteiger charge is 2.22. The SMILES string of the molecule is CC(=O)Nc1ccc(S(=O)(=O)NC(CC(=O)[O-])C(C)C)cc1. The molecule has 0 saturated heterocycles. The van der Waals surface area contributed by atoms with Crippen molar-refractivity contribution < 1.29 is 23.1 Å². The van der Waals surface area contributed by atoms with E-state index in [1.807, 2.05) is 0 Å². The quantitative estimate of drug-likeness (QED) is 0.736. The van der Waals surface area contributed by atoms with Gasteiger partial charge in [0.1, 0.15) is 0 Å². The number of hydrogen-bond donors (Lipinski definition) is 2. The maximum absolute atomic E-state index is 12.3. The predicted molar refractivity (Wildman–Crippen MR) is 79.3 cm³/mol. The molecule has 1 atom stereocenters. The summed E-state index contributed by atoms with van der Waals surface area (Å²) in [6, 6.07) is 4.83. The summed E-state index contributed by atoms with van der Waals surface area (Å²) in [5.41, 5.74) is 0.474. The molecule has 1 rings (SSSR count). The van der Waals surface area contributed by atoms with Gasteiger partial charge in [0.05, 0.1) is 4.90 Å². The molecule has 0 heterocycles. The molecule has 0 fully saturated rings. The molecule has 0 radical (unpaired) electrons. The summed E-state index contributed by atoms with van der Waals surface area (Å²) in [6.07, 6.45) is -0.402. The first-order valence-corrected chi connectivity index (χ1v) is 8.20. The summed E-state index contributed by atoms with van der Waals surface area (Å²) in [6.45, 7) is 4.78. The number of amides is 1. The number of carbonyl (C=O) groups is 2. The Balaban J connectivity index is 2.93. The fourth-order valence-electron chi connectivity index (χ4n) is 1.78. The summed E-state index contributed by atoms with van der Waals surface area (Å²) in [5.74, 6) is -1.78. The molecule has 0 aliphatic rings. The third kappa shape index (κ3) is 5.45. The van der Waals surface area contributed by atoms with Gasteiger partial charge >= 0.3 is 0 Å². The van der Waals surface area contributed by atoms with Crippen molar-refractivity contribution in [1.29, 1.82) is 0 Å². The van der Waals surface area contributed by atoms with Gasteiger partial charge in [0.2, 0.25) is 15.9 Å². The fraction of sp³-hybridized carbons (Fsp3) is 0.429. The highest BCUT2D eigenvalue weighted by molar-refractivity contribution is 7.89. The Labute approximate surface area is 129 Å². The third-order valence-corrected chi connectivity index (χ3v) is 4.49. The topological polar surface area (TPSA) is 115 Å². The number of sulfonamides is 1. The molecule has 0 aliphatic carbocycles. The lowest BCUT2D eigenvalue weighted by molar-refractivity contribution is -0.306. The van der Waals surface area contributed by atoms with Crippen LogP contribution in [0.1, 0.15) is 27.2 Å². The molecule has 1 aromatic rings. The summed E-state index contributed by atoms with van der Waals surface area (Å²) in [4.78, 5) is 21.6. The van der Waals surface area contributed by atoms with Crippen LogP contribution in [0.5, 0.6) is 0 Å². The lowest BCUT2D eigenvalue weighted by atomic mass is 10.0. The molecule has 1 amide bonds. The standard InChI is InChI=1S/C14H20N2O5S/c1-9(2)13(8-14(18)19)16-22(20,21)12-6-4-11(5-7-12)15-10(3)17/h4-7,9,13,16H,8H2,1-3H3,(H,15,17)(H,18,19)/p-1. The summed E-state index contributed by atoms with van der Waals surface area (Å²) in [7, 11) is -3.85. The third-order valence-electron chi connectivity index (χ3n) is 2.98. The van der Waals surface area contributed by atoms with Crippen LogP contribution in [0.25, 0.3) is 0 Å². The van der Waals surface area contributed by atoms with Crippen LogP contribution in [-0.2, 0) is 19.6 Å². The van der Waals surface area contributed by atoms with E-state index < -0.39 is 28.5 Å². The van der Waals surface area contributed by atoms with E-state index in [9.17, 15) is 23.1 Å². The molecule has 0 aliphatic heterocycles. The number of carboxylic acids is 1. The number of carboxylic acid groups (broad SMARTS) is 1. The number of benzene rings is 1. The molecule has 0 aromatic heterocycles. The second kappa shape index (κ2) is 7.37. The molecule has 2 N–H and O–H groups in total. The van der Waals surface area contributed by atoms with Gasteiger partial charge in [-0.1, -0.05) is 13.8 Å². The Kier molecular flexibility index (Phi) is 6.07. The summed E-state index contributed by atoms with van der Waals surface area (Å²) in [5, 5.41) is 13.2. The number of hydrogen-bond acceptors (Lipinski definition) is 5. The van der Waals surface area contributed by atoms with E-state index in [1.165, 1.54) is 31.2 Å². The highest BCUT2D eigenvalue weighted by atomic mass is 32.2. The molecule has 1 unspecified atom stereocenters. The fourth-order valence-corrected chi connectivity index (χ4v) is 3.17. The van der Waals surface area contributed by atoms with E-state index >= 15 is 0 Å². The normalized spacial score (nSPS) is 12.9. The van der Waals surface area contributed by atoms with Crippen molar-refractivity contribution in [2.24, 2.45) is 5.92 Å². The van der Waals surface area contributed by atoms with Gasteiger partial charge in [-0.15, -0.1) is 0 Å². The highest BCUT2D eigenvalue weighted by Crippen LogP contribution is 2.16. The second-order valence-electron chi connectivity index (χ2n) is 5.25. The van der Waals surface area contributed by atoms with Gasteiger partial charge in [0.15, 0.2) is 0 Å². The molecule has 0 saturated carbocycles. The van der Waals surface area contributed by atoms with E-state index in [-0.39, 0.29) is 16.7 Å². The molecule has 7 nitrogen and oxygen atoms in total. The smallest absolute Gasteiger partial charge is 0.240 e. The molecule has 1 aromatic carbocycles. The molecule has 22 heavy (non-hydrogen) atoms. The minimum Gasteiger partial charge on any atom is -0.550 e. The number of aliphatic carboxylic acids is 1. The molecule has 0 spiro atoms. The minimum absolute atomic E-state index is 0.00870. The Morgan fingerprint density at radius 2 is 1.73 bits per heavy atom. The number of anilines is 1. The van der Waals surface area contributed by atoms with E-state index in [4.69, 9.17) is 0 Å². The maximum Gasteiger partial charge on any atom is 0.240 e. The Morgan fingerprint density at radius 3 is 2.14 bits per heavy atom. The predicted octanol–water partition coefficient (Wildman–Crippen LogP) is 0.0879. The van der Waals surface area contributed by atoms with Gasteiger partial charge in [-0.3, -0.25) is 4.79 Å². The van der Waals surface area contributed by atoms with Crippen LogP contribution >= 0.6 is 0 Å². The molecular formula is C14H19N2O5S-.